The molecule has 1 N–H and O–H groups in total. The number of methoxy groups -OCH3 is 1. The quantitative estimate of drug-likeness (QED) is 0.869. The molecule has 8 heteroatoms. The Morgan fingerprint density at radius 2 is 2.05 bits per heavy atom. The van der Waals surface area contributed by atoms with Gasteiger partial charge in [-0.2, -0.15) is 0 Å². The molecule has 0 radical (unpaired) electrons. The number of hydrogen-bond donors (Lipinski definition) is 1. The molecular weight excluding hydrogens is 308 g/mol. The predicted octanol–water partition coefficient (Wildman–Crippen LogP) is 0.919. The summed E-state index contributed by atoms with van der Waals surface area (Å²) in [7, 11) is -1.93. The molecule has 1 saturated heterocycles. The molecule has 0 aromatic heterocycles. The van der Waals surface area contributed by atoms with E-state index in [-0.39, 0.29) is 6.61 Å². The van der Waals surface area contributed by atoms with E-state index in [1.54, 1.807) is 0 Å². The third-order valence-corrected chi connectivity index (χ3v) is 4.11. The van der Waals surface area contributed by atoms with Gasteiger partial charge in [0.05, 0.1) is 12.3 Å². The Bertz CT molecular complexity index is 605. The maximum Gasteiger partial charge on any atom is 0.412 e. The minimum atomic E-state index is -3.36. The summed E-state index contributed by atoms with van der Waals surface area (Å²) < 4.78 is 35.7. The van der Waals surface area contributed by atoms with Gasteiger partial charge in [-0.3, -0.25) is 4.90 Å². The highest BCUT2D eigenvalue weighted by atomic mass is 32.2. The molecular formula is C14H20N2O5S. The van der Waals surface area contributed by atoms with Crippen LogP contribution in [-0.2, 0) is 26.1 Å². The van der Waals surface area contributed by atoms with Crippen LogP contribution in [-0.4, -0.2) is 51.6 Å². The largest absolute Gasteiger partial charge is 0.444 e. The summed E-state index contributed by atoms with van der Waals surface area (Å²) in [6.45, 7) is 0.538. The molecule has 0 saturated carbocycles. The first kappa shape index (κ1) is 16.7. The van der Waals surface area contributed by atoms with Gasteiger partial charge >= 0.3 is 6.09 Å². The molecule has 1 aromatic rings. The van der Waals surface area contributed by atoms with Crippen LogP contribution in [0.3, 0.4) is 0 Å². The maximum absolute atomic E-state index is 12.1. The predicted molar refractivity (Wildman–Crippen MR) is 80.5 cm³/mol. The lowest BCUT2D eigenvalue weighted by Gasteiger charge is -2.26. The number of carbonyl (C=O) groups excluding carboxylic acids is 1. The molecule has 1 aliphatic heterocycles. The summed E-state index contributed by atoms with van der Waals surface area (Å²) in [5.41, 5.74) is 0.884. The summed E-state index contributed by atoms with van der Waals surface area (Å²) >= 11 is 0. The van der Waals surface area contributed by atoms with Crippen molar-refractivity contribution in [3.05, 3.63) is 35.9 Å². The first-order chi connectivity index (χ1) is 10.4. The van der Waals surface area contributed by atoms with Crippen molar-refractivity contribution < 1.29 is 22.7 Å². The Balaban J connectivity index is 1.95. The lowest BCUT2D eigenvalue weighted by atomic mass is 10.2. The summed E-state index contributed by atoms with van der Waals surface area (Å²) in [5.74, 6) is 0. The van der Waals surface area contributed by atoms with Crippen molar-refractivity contribution in [3.8, 4) is 0 Å². The molecule has 1 fully saturated rings. The first-order valence-electron chi connectivity index (χ1n) is 6.88. The molecule has 1 aromatic carbocycles. The van der Waals surface area contributed by atoms with Crippen LogP contribution in [0.4, 0.5) is 4.79 Å². The highest BCUT2D eigenvalue weighted by Crippen LogP contribution is 2.20. The van der Waals surface area contributed by atoms with E-state index >= 15 is 0 Å². The van der Waals surface area contributed by atoms with Crippen LogP contribution >= 0.6 is 0 Å². The van der Waals surface area contributed by atoms with Crippen LogP contribution in [0, 0.1) is 0 Å². The fraction of sp³-hybridized carbons (Fsp3) is 0.500. The van der Waals surface area contributed by atoms with Gasteiger partial charge in [0, 0.05) is 13.7 Å². The van der Waals surface area contributed by atoms with Crippen molar-refractivity contribution in [3.63, 3.8) is 0 Å². The van der Waals surface area contributed by atoms with Gasteiger partial charge < -0.3 is 9.47 Å². The van der Waals surface area contributed by atoms with Crippen LogP contribution in [0.5, 0.6) is 0 Å². The molecule has 7 nitrogen and oxygen atoms in total. The lowest BCUT2D eigenvalue weighted by Crippen LogP contribution is -2.47. The van der Waals surface area contributed by atoms with Gasteiger partial charge in [0.1, 0.15) is 6.61 Å². The van der Waals surface area contributed by atoms with Crippen LogP contribution in [0.1, 0.15) is 12.0 Å². The monoisotopic (exact) mass is 328 g/mol. The zero-order valence-corrected chi connectivity index (χ0v) is 13.4. The van der Waals surface area contributed by atoms with E-state index in [0.29, 0.717) is 13.0 Å². The molecule has 2 rings (SSSR count). The van der Waals surface area contributed by atoms with Gasteiger partial charge in [-0.25, -0.2) is 17.9 Å². The summed E-state index contributed by atoms with van der Waals surface area (Å²) in [4.78, 5) is 13.5. The van der Waals surface area contributed by atoms with Gasteiger partial charge in [-0.05, 0) is 12.0 Å². The van der Waals surface area contributed by atoms with Gasteiger partial charge in [0.25, 0.3) is 0 Å². The van der Waals surface area contributed by atoms with Crippen LogP contribution in [0.15, 0.2) is 30.3 Å². The lowest BCUT2D eigenvalue weighted by molar-refractivity contribution is -0.0169. The van der Waals surface area contributed by atoms with E-state index in [4.69, 9.17) is 9.47 Å². The van der Waals surface area contributed by atoms with E-state index in [0.717, 1.165) is 11.8 Å². The Morgan fingerprint density at radius 3 is 2.64 bits per heavy atom. The Hall–Kier alpha value is -1.64. The molecule has 1 aliphatic rings. The smallest absolute Gasteiger partial charge is 0.412 e. The SMILES string of the molecule is COC1[C@H](NS(C)(=O)=O)CCN1C(=O)OCc1ccccc1. The molecule has 0 spiro atoms. The van der Waals surface area contributed by atoms with Crippen LogP contribution in [0.25, 0.3) is 0 Å². The van der Waals surface area contributed by atoms with Gasteiger partial charge in [-0.1, -0.05) is 30.3 Å². The molecule has 1 heterocycles. The second-order valence-corrected chi connectivity index (χ2v) is 6.93. The van der Waals surface area contributed by atoms with Crippen molar-refractivity contribution in [2.45, 2.75) is 25.3 Å². The van der Waals surface area contributed by atoms with Crippen molar-refractivity contribution in [2.75, 3.05) is 19.9 Å². The van der Waals surface area contributed by atoms with Crippen LogP contribution < -0.4 is 4.72 Å². The second kappa shape index (κ2) is 7.08. The third kappa shape index (κ3) is 4.43. The van der Waals surface area contributed by atoms with E-state index < -0.39 is 28.4 Å². The topological polar surface area (TPSA) is 84.9 Å². The van der Waals surface area contributed by atoms with Gasteiger partial charge in [-0.15, -0.1) is 0 Å². The molecule has 1 amide bonds. The highest BCUT2D eigenvalue weighted by Gasteiger charge is 2.39. The highest BCUT2D eigenvalue weighted by molar-refractivity contribution is 7.88. The van der Waals surface area contributed by atoms with E-state index in [9.17, 15) is 13.2 Å². The van der Waals surface area contributed by atoms with Crippen molar-refractivity contribution in [1.82, 2.24) is 9.62 Å². The summed E-state index contributed by atoms with van der Waals surface area (Å²) in [6.07, 6.45) is 0.369. The molecule has 0 aliphatic carbocycles. The average molecular weight is 328 g/mol. The maximum atomic E-state index is 12.1. The van der Waals surface area contributed by atoms with E-state index in [1.807, 2.05) is 30.3 Å². The minimum Gasteiger partial charge on any atom is -0.444 e. The zero-order chi connectivity index (χ0) is 16.2. The number of likely N-dealkylation sites (tertiary alicyclic amines) is 1. The average Bonchev–Trinajstić information content (AvgIpc) is 2.86. The number of ether oxygens (including phenoxy) is 2. The van der Waals surface area contributed by atoms with Crippen molar-refractivity contribution in [1.29, 1.82) is 0 Å². The van der Waals surface area contributed by atoms with Crippen LogP contribution in [0.2, 0.25) is 0 Å². The molecule has 2 atom stereocenters. The Labute approximate surface area is 130 Å². The normalized spacial score (nSPS) is 21.8. The Morgan fingerprint density at radius 1 is 1.36 bits per heavy atom. The van der Waals surface area contributed by atoms with E-state index in [2.05, 4.69) is 4.72 Å². The minimum absolute atomic E-state index is 0.163. The summed E-state index contributed by atoms with van der Waals surface area (Å²) in [5, 5.41) is 0. The molecule has 22 heavy (non-hydrogen) atoms. The second-order valence-electron chi connectivity index (χ2n) is 5.15. The Kier molecular flexibility index (Phi) is 5.38. The standard InChI is InChI=1S/C14H20N2O5S/c1-20-13-12(15-22(2,18)19)8-9-16(13)14(17)21-10-11-6-4-3-5-7-11/h3-7,12-13,15H,8-10H2,1-2H3/t12-,13?/m1/s1. The molecule has 122 valence electrons. The fourth-order valence-corrected chi connectivity index (χ4v) is 3.23. The molecule has 1 unspecified atom stereocenters. The zero-order valence-electron chi connectivity index (χ0n) is 12.6. The number of nitrogens with zero attached hydrogens (tertiary/aromatic N) is 1. The number of sulfonamides is 1. The van der Waals surface area contributed by atoms with Crippen molar-refractivity contribution >= 4 is 16.1 Å². The number of hydrogen-bond acceptors (Lipinski definition) is 5. The van der Waals surface area contributed by atoms with E-state index in [1.165, 1.54) is 12.0 Å². The third-order valence-electron chi connectivity index (χ3n) is 3.38. The number of carbonyl (C=O) groups is 1. The number of rotatable bonds is 5. The number of amides is 1. The first-order valence-corrected chi connectivity index (χ1v) is 8.77. The van der Waals surface area contributed by atoms with Gasteiger partial charge in [0.2, 0.25) is 10.0 Å². The number of benzene rings is 1. The van der Waals surface area contributed by atoms with Gasteiger partial charge in [0.15, 0.2) is 6.23 Å². The number of nitrogens with one attached hydrogen (secondary N) is 1. The summed E-state index contributed by atoms with van der Waals surface area (Å²) in [6, 6.07) is 8.86. The van der Waals surface area contributed by atoms with Crippen molar-refractivity contribution in [2.24, 2.45) is 0 Å². The fourth-order valence-electron chi connectivity index (χ4n) is 2.45. The molecule has 0 bridgehead atoms.